The lowest BCUT2D eigenvalue weighted by Crippen LogP contribution is -2.53. The maximum Gasteiger partial charge on any atom is 0.254 e. The quantitative estimate of drug-likeness (QED) is 0.560. The summed E-state index contributed by atoms with van der Waals surface area (Å²) in [6.07, 6.45) is 11.7. The predicted molar refractivity (Wildman–Crippen MR) is 68.5 cm³/mol. The van der Waals surface area contributed by atoms with Gasteiger partial charge in [0.25, 0.3) is 11.8 Å². The summed E-state index contributed by atoms with van der Waals surface area (Å²) in [6.45, 7) is 4.19. The summed E-state index contributed by atoms with van der Waals surface area (Å²) in [5.74, 6) is -0.403. The molecule has 3 aliphatic rings. The topological polar surface area (TPSA) is 37.4 Å². The first kappa shape index (κ1) is 11.2. The van der Waals surface area contributed by atoms with Crippen LogP contribution in [0.4, 0.5) is 0 Å². The summed E-state index contributed by atoms with van der Waals surface area (Å²) in [6, 6.07) is -0.164. The molecule has 0 spiro atoms. The van der Waals surface area contributed by atoms with Crippen LogP contribution in [-0.2, 0) is 9.59 Å². The number of rotatable bonds is 3. The summed E-state index contributed by atoms with van der Waals surface area (Å²) in [5.41, 5.74) is 2.20. The lowest BCUT2D eigenvalue weighted by molar-refractivity contribution is -0.141. The zero-order valence-corrected chi connectivity index (χ0v) is 10.5. The van der Waals surface area contributed by atoms with Crippen LogP contribution in [0.3, 0.4) is 0 Å². The third-order valence-electron chi connectivity index (χ3n) is 4.33. The van der Waals surface area contributed by atoms with E-state index in [2.05, 4.69) is 19.9 Å². The van der Waals surface area contributed by atoms with E-state index in [0.29, 0.717) is 0 Å². The average Bonchev–Trinajstić information content (AvgIpc) is 2.61. The van der Waals surface area contributed by atoms with Crippen LogP contribution in [0.1, 0.15) is 20.3 Å². The van der Waals surface area contributed by atoms with Crippen LogP contribution in [-0.4, -0.2) is 22.8 Å². The van der Waals surface area contributed by atoms with Gasteiger partial charge in [0.15, 0.2) is 0 Å². The Kier molecular flexibility index (Phi) is 2.21. The molecule has 0 aromatic carbocycles. The minimum atomic E-state index is -0.202. The van der Waals surface area contributed by atoms with Gasteiger partial charge in [0.05, 0.1) is 6.04 Å². The summed E-state index contributed by atoms with van der Waals surface area (Å²) >= 11 is 0. The molecule has 0 fully saturated rings. The largest absolute Gasteiger partial charge is 0.269 e. The molecule has 18 heavy (non-hydrogen) atoms. The van der Waals surface area contributed by atoms with Crippen molar-refractivity contribution in [2.24, 2.45) is 5.41 Å². The first-order valence-corrected chi connectivity index (χ1v) is 6.15. The van der Waals surface area contributed by atoms with Crippen molar-refractivity contribution in [3.05, 3.63) is 47.6 Å². The Morgan fingerprint density at radius 3 is 2.17 bits per heavy atom. The van der Waals surface area contributed by atoms with Gasteiger partial charge in [-0.3, -0.25) is 14.5 Å². The molecule has 2 amide bonds. The third kappa shape index (κ3) is 1.30. The van der Waals surface area contributed by atoms with Crippen molar-refractivity contribution >= 4 is 11.8 Å². The highest BCUT2D eigenvalue weighted by Crippen LogP contribution is 2.49. The van der Waals surface area contributed by atoms with Crippen LogP contribution in [0.25, 0.3) is 0 Å². The maximum absolute atomic E-state index is 11.9. The van der Waals surface area contributed by atoms with Crippen LogP contribution >= 0.6 is 0 Å². The summed E-state index contributed by atoms with van der Waals surface area (Å²) in [7, 11) is 0. The van der Waals surface area contributed by atoms with Crippen molar-refractivity contribution in [3.8, 4) is 0 Å². The van der Waals surface area contributed by atoms with Gasteiger partial charge in [-0.15, -0.1) is 0 Å². The third-order valence-corrected chi connectivity index (χ3v) is 4.33. The van der Waals surface area contributed by atoms with E-state index < -0.39 is 0 Å². The second-order valence-electron chi connectivity index (χ2n) is 5.32. The van der Waals surface area contributed by atoms with E-state index in [9.17, 15) is 9.59 Å². The fraction of sp³-hybridized carbons (Fsp3) is 0.333. The molecule has 0 aromatic rings. The van der Waals surface area contributed by atoms with Crippen molar-refractivity contribution in [1.82, 2.24) is 4.90 Å². The predicted octanol–water partition coefficient (Wildman–Crippen LogP) is 2.13. The Morgan fingerprint density at radius 2 is 1.83 bits per heavy atom. The minimum Gasteiger partial charge on any atom is -0.269 e. The number of allylic oxidation sites excluding steroid dienone is 3. The Hall–Kier alpha value is -1.90. The van der Waals surface area contributed by atoms with Gasteiger partial charge in [-0.2, -0.15) is 0 Å². The monoisotopic (exact) mass is 241 g/mol. The average molecular weight is 241 g/mol. The summed E-state index contributed by atoms with van der Waals surface area (Å²) in [5, 5.41) is 0. The number of hydrogen-bond acceptors (Lipinski definition) is 2. The van der Waals surface area contributed by atoms with Gasteiger partial charge >= 0.3 is 0 Å². The molecule has 3 nitrogen and oxygen atoms in total. The van der Waals surface area contributed by atoms with Crippen LogP contribution in [0, 0.1) is 5.41 Å². The zero-order valence-electron chi connectivity index (χ0n) is 10.5. The minimum absolute atomic E-state index is 0.117. The first-order valence-electron chi connectivity index (χ1n) is 6.15. The number of amides is 2. The van der Waals surface area contributed by atoms with Crippen molar-refractivity contribution < 1.29 is 9.59 Å². The SMILES string of the molecule is CC1=CCC1(C)C(C1=CC=C1)N1C(=O)C=CC1=O. The van der Waals surface area contributed by atoms with Gasteiger partial charge < -0.3 is 0 Å². The molecule has 2 aliphatic carbocycles. The van der Waals surface area contributed by atoms with Crippen molar-refractivity contribution in [1.29, 1.82) is 0 Å². The molecule has 0 saturated heterocycles. The number of hydrogen-bond donors (Lipinski definition) is 0. The lowest BCUT2D eigenvalue weighted by Gasteiger charge is -2.48. The molecule has 3 rings (SSSR count). The molecule has 2 atom stereocenters. The Morgan fingerprint density at radius 1 is 1.22 bits per heavy atom. The van der Waals surface area contributed by atoms with Crippen molar-refractivity contribution in [3.63, 3.8) is 0 Å². The molecule has 2 unspecified atom stereocenters. The molecule has 0 aromatic heterocycles. The molecule has 1 aliphatic heterocycles. The van der Waals surface area contributed by atoms with Gasteiger partial charge in [-0.05, 0) is 18.9 Å². The van der Waals surface area contributed by atoms with Crippen molar-refractivity contribution in [2.75, 3.05) is 0 Å². The molecule has 92 valence electrons. The highest BCUT2D eigenvalue weighted by atomic mass is 16.2. The number of imide groups is 1. The van der Waals surface area contributed by atoms with E-state index in [1.165, 1.54) is 22.6 Å². The normalized spacial score (nSPS) is 30.9. The van der Waals surface area contributed by atoms with Gasteiger partial charge in [0.1, 0.15) is 0 Å². The fourth-order valence-corrected chi connectivity index (χ4v) is 2.81. The van der Waals surface area contributed by atoms with Gasteiger partial charge in [-0.25, -0.2) is 0 Å². The fourth-order valence-electron chi connectivity index (χ4n) is 2.81. The van der Waals surface area contributed by atoms with E-state index in [1.807, 2.05) is 18.2 Å². The standard InChI is InChI=1S/C15H15NO2/c1-10-8-9-15(10,2)14(11-4-3-5-11)16-12(17)6-7-13(16)18/h3-8,14H,9H2,1-2H3. The Balaban J connectivity index is 2.00. The van der Waals surface area contributed by atoms with E-state index >= 15 is 0 Å². The Labute approximate surface area is 106 Å². The van der Waals surface area contributed by atoms with Crippen LogP contribution < -0.4 is 0 Å². The van der Waals surface area contributed by atoms with E-state index in [4.69, 9.17) is 0 Å². The smallest absolute Gasteiger partial charge is 0.254 e. The maximum atomic E-state index is 11.9. The number of carbonyl (C=O) groups excluding carboxylic acids is 2. The van der Waals surface area contributed by atoms with Gasteiger partial charge in [-0.1, -0.05) is 36.8 Å². The number of carbonyl (C=O) groups is 2. The molecule has 0 bridgehead atoms. The molecule has 0 N–H and O–H groups in total. The van der Waals surface area contributed by atoms with Crippen LogP contribution in [0.5, 0.6) is 0 Å². The Bertz CT molecular complexity index is 547. The van der Waals surface area contributed by atoms with Crippen molar-refractivity contribution in [2.45, 2.75) is 26.3 Å². The highest BCUT2D eigenvalue weighted by Gasteiger charge is 2.48. The van der Waals surface area contributed by atoms with Crippen LogP contribution in [0.2, 0.25) is 0 Å². The summed E-state index contributed by atoms with van der Waals surface area (Å²) < 4.78 is 0. The molecular formula is C15H15NO2. The second kappa shape index (κ2) is 3.55. The van der Waals surface area contributed by atoms with Crippen LogP contribution in [0.15, 0.2) is 47.6 Å². The second-order valence-corrected chi connectivity index (χ2v) is 5.32. The molecule has 0 radical (unpaired) electrons. The van der Waals surface area contributed by atoms with E-state index in [-0.39, 0.29) is 23.3 Å². The van der Waals surface area contributed by atoms with E-state index in [1.54, 1.807) is 0 Å². The van der Waals surface area contributed by atoms with Gasteiger partial charge in [0, 0.05) is 17.6 Å². The lowest BCUT2D eigenvalue weighted by atomic mass is 9.62. The number of nitrogens with zero attached hydrogens (tertiary/aromatic N) is 1. The van der Waals surface area contributed by atoms with Gasteiger partial charge in [0.2, 0.25) is 0 Å². The zero-order chi connectivity index (χ0) is 12.9. The molecule has 3 heteroatoms. The highest BCUT2D eigenvalue weighted by molar-refractivity contribution is 6.13. The summed E-state index contributed by atoms with van der Waals surface area (Å²) in [4.78, 5) is 25.2. The first-order chi connectivity index (χ1) is 8.54. The molecule has 0 saturated carbocycles. The molecular weight excluding hydrogens is 226 g/mol. The molecule has 1 heterocycles. The van der Waals surface area contributed by atoms with E-state index in [0.717, 1.165) is 12.0 Å².